The molecule has 5 heteroatoms. The van der Waals surface area contributed by atoms with E-state index < -0.39 is 5.60 Å². The minimum atomic E-state index is -1.20. The van der Waals surface area contributed by atoms with E-state index >= 15 is 0 Å². The second-order valence-corrected chi connectivity index (χ2v) is 7.37. The van der Waals surface area contributed by atoms with Crippen LogP contribution in [0.3, 0.4) is 0 Å². The first kappa shape index (κ1) is 18.9. The van der Waals surface area contributed by atoms with Crippen molar-refractivity contribution in [2.24, 2.45) is 0 Å². The number of amides is 1. The molecular formula is C24H23N3O2. The van der Waals surface area contributed by atoms with Crippen molar-refractivity contribution in [1.29, 1.82) is 0 Å². The summed E-state index contributed by atoms with van der Waals surface area (Å²) in [5.41, 5.74) is 3.60. The highest BCUT2D eigenvalue weighted by Crippen LogP contribution is 2.25. The van der Waals surface area contributed by atoms with E-state index in [-0.39, 0.29) is 12.5 Å². The first-order valence-electron chi connectivity index (χ1n) is 9.56. The molecule has 2 N–H and O–H groups in total. The van der Waals surface area contributed by atoms with Gasteiger partial charge in [0.2, 0.25) is 0 Å². The van der Waals surface area contributed by atoms with E-state index in [1.807, 2.05) is 85.9 Å². The minimum Gasteiger partial charge on any atom is -0.384 e. The van der Waals surface area contributed by atoms with Crippen molar-refractivity contribution in [2.45, 2.75) is 19.4 Å². The Morgan fingerprint density at radius 2 is 1.66 bits per heavy atom. The van der Waals surface area contributed by atoms with Gasteiger partial charge in [-0.15, -0.1) is 0 Å². The Balaban J connectivity index is 1.50. The van der Waals surface area contributed by atoms with Gasteiger partial charge >= 0.3 is 0 Å². The Morgan fingerprint density at radius 1 is 1.00 bits per heavy atom. The maximum Gasteiger partial charge on any atom is 0.270 e. The van der Waals surface area contributed by atoms with Gasteiger partial charge in [0.05, 0.1) is 12.2 Å². The van der Waals surface area contributed by atoms with E-state index in [0.29, 0.717) is 11.4 Å². The predicted molar refractivity (Wildman–Crippen MR) is 114 cm³/mol. The Labute approximate surface area is 169 Å². The fourth-order valence-electron chi connectivity index (χ4n) is 3.48. The van der Waals surface area contributed by atoms with Crippen molar-refractivity contribution in [3.8, 4) is 11.1 Å². The van der Waals surface area contributed by atoms with Crippen LogP contribution in [-0.2, 0) is 5.60 Å². The Hall–Kier alpha value is -3.44. The van der Waals surface area contributed by atoms with Crippen LogP contribution in [0.1, 0.15) is 28.7 Å². The maximum atomic E-state index is 12.8. The summed E-state index contributed by atoms with van der Waals surface area (Å²) in [6, 6.07) is 23.4. The van der Waals surface area contributed by atoms with Crippen molar-refractivity contribution < 1.29 is 9.90 Å². The molecule has 5 nitrogen and oxygen atoms in total. The molecule has 1 amide bonds. The molecule has 0 aliphatic heterocycles. The fraction of sp³-hybridized carbons (Fsp3) is 0.167. The fourth-order valence-corrected chi connectivity index (χ4v) is 3.48. The molecule has 29 heavy (non-hydrogen) atoms. The molecule has 4 aromatic rings. The first-order valence-corrected chi connectivity index (χ1v) is 9.56. The van der Waals surface area contributed by atoms with E-state index in [1.165, 1.54) is 0 Å². The van der Waals surface area contributed by atoms with Gasteiger partial charge in [0.1, 0.15) is 16.9 Å². The molecule has 2 heterocycles. The molecule has 1 atom stereocenters. The van der Waals surface area contributed by atoms with Crippen LogP contribution in [0.4, 0.5) is 0 Å². The standard InChI is InChI=1S/C24H23N3O2/c1-17-22(27-15-7-6-10-21(27)26-17)23(28)25-16-24(2,29)20-13-11-19(12-14-20)18-8-4-3-5-9-18/h3-15,29H,16H2,1-2H3,(H,25,28)/t24-/m0/s1. The number of pyridine rings is 1. The van der Waals surface area contributed by atoms with Gasteiger partial charge in [-0.3, -0.25) is 9.20 Å². The van der Waals surface area contributed by atoms with Crippen LogP contribution < -0.4 is 5.32 Å². The van der Waals surface area contributed by atoms with Gasteiger partial charge in [-0.05, 0) is 42.7 Å². The third-order valence-electron chi connectivity index (χ3n) is 5.13. The average Bonchev–Trinajstić information content (AvgIpc) is 3.08. The summed E-state index contributed by atoms with van der Waals surface area (Å²) in [4.78, 5) is 17.2. The number of carbonyl (C=O) groups is 1. The number of carbonyl (C=O) groups excluding carboxylic acids is 1. The highest BCUT2D eigenvalue weighted by atomic mass is 16.3. The molecule has 0 radical (unpaired) electrons. The summed E-state index contributed by atoms with van der Waals surface area (Å²) in [5, 5.41) is 13.8. The molecule has 0 bridgehead atoms. The van der Waals surface area contributed by atoms with Crippen molar-refractivity contribution >= 4 is 11.6 Å². The number of aryl methyl sites for hydroxylation is 1. The average molecular weight is 385 g/mol. The molecule has 0 aliphatic carbocycles. The summed E-state index contributed by atoms with van der Waals surface area (Å²) in [6.07, 6.45) is 1.81. The smallest absolute Gasteiger partial charge is 0.270 e. The van der Waals surface area contributed by atoms with Crippen LogP contribution in [-0.4, -0.2) is 26.9 Å². The first-order chi connectivity index (χ1) is 14.0. The Bertz CT molecular complexity index is 1150. The van der Waals surface area contributed by atoms with Crippen LogP contribution in [0.2, 0.25) is 0 Å². The predicted octanol–water partition coefficient (Wildman–Crippen LogP) is 3.95. The number of nitrogens with zero attached hydrogens (tertiary/aromatic N) is 2. The van der Waals surface area contributed by atoms with E-state index in [0.717, 1.165) is 22.3 Å². The van der Waals surface area contributed by atoms with Gasteiger partial charge in [-0.25, -0.2) is 4.98 Å². The Morgan fingerprint density at radius 3 is 2.38 bits per heavy atom. The second-order valence-electron chi connectivity index (χ2n) is 7.37. The van der Waals surface area contributed by atoms with Crippen molar-refractivity contribution in [3.05, 3.63) is 95.9 Å². The van der Waals surface area contributed by atoms with Gasteiger partial charge in [0, 0.05) is 6.20 Å². The molecule has 0 aliphatic rings. The molecule has 0 saturated carbocycles. The third kappa shape index (κ3) is 3.77. The quantitative estimate of drug-likeness (QED) is 0.547. The zero-order chi connectivity index (χ0) is 20.4. The molecule has 0 unspecified atom stereocenters. The number of rotatable bonds is 5. The number of aromatic nitrogens is 2. The monoisotopic (exact) mass is 385 g/mol. The minimum absolute atomic E-state index is 0.0933. The molecule has 146 valence electrons. The molecule has 4 rings (SSSR count). The van der Waals surface area contributed by atoms with Crippen molar-refractivity contribution in [1.82, 2.24) is 14.7 Å². The van der Waals surface area contributed by atoms with E-state index in [2.05, 4.69) is 10.3 Å². The second kappa shape index (κ2) is 7.53. The summed E-state index contributed by atoms with van der Waals surface area (Å²) in [5.74, 6) is -0.262. The molecule has 0 saturated heterocycles. The normalized spacial score (nSPS) is 13.2. The van der Waals surface area contributed by atoms with Crippen LogP contribution >= 0.6 is 0 Å². The zero-order valence-electron chi connectivity index (χ0n) is 16.5. The summed E-state index contributed by atoms with van der Waals surface area (Å²) < 4.78 is 1.76. The Kier molecular flexibility index (Phi) is 4.91. The lowest BCUT2D eigenvalue weighted by atomic mass is 9.93. The summed E-state index contributed by atoms with van der Waals surface area (Å²) in [7, 11) is 0. The number of imidazole rings is 1. The number of aliphatic hydroxyl groups is 1. The van der Waals surface area contributed by atoms with Gasteiger partial charge in [0.15, 0.2) is 0 Å². The van der Waals surface area contributed by atoms with Crippen LogP contribution in [0.5, 0.6) is 0 Å². The lowest BCUT2D eigenvalue weighted by Gasteiger charge is -2.24. The lowest BCUT2D eigenvalue weighted by molar-refractivity contribution is 0.0524. The molecule has 0 spiro atoms. The topological polar surface area (TPSA) is 66.6 Å². The highest BCUT2D eigenvalue weighted by molar-refractivity contribution is 5.94. The van der Waals surface area contributed by atoms with Crippen LogP contribution in [0, 0.1) is 6.92 Å². The van der Waals surface area contributed by atoms with Crippen molar-refractivity contribution in [2.75, 3.05) is 6.54 Å². The number of nitrogens with one attached hydrogen (secondary N) is 1. The maximum absolute atomic E-state index is 12.8. The summed E-state index contributed by atoms with van der Waals surface area (Å²) in [6.45, 7) is 3.60. The van der Waals surface area contributed by atoms with Gasteiger partial charge in [0.25, 0.3) is 5.91 Å². The highest BCUT2D eigenvalue weighted by Gasteiger charge is 2.25. The number of hydrogen-bond acceptors (Lipinski definition) is 3. The van der Waals surface area contributed by atoms with E-state index in [4.69, 9.17) is 0 Å². The number of fused-ring (bicyclic) bond motifs is 1. The van der Waals surface area contributed by atoms with Crippen LogP contribution in [0.25, 0.3) is 16.8 Å². The zero-order valence-corrected chi connectivity index (χ0v) is 16.5. The van der Waals surface area contributed by atoms with Gasteiger partial charge < -0.3 is 10.4 Å². The molecule has 0 fully saturated rings. The number of hydrogen-bond donors (Lipinski definition) is 2. The number of benzene rings is 2. The van der Waals surface area contributed by atoms with E-state index in [1.54, 1.807) is 11.3 Å². The molecule has 2 aromatic heterocycles. The largest absolute Gasteiger partial charge is 0.384 e. The summed E-state index contributed by atoms with van der Waals surface area (Å²) >= 11 is 0. The van der Waals surface area contributed by atoms with Crippen LogP contribution in [0.15, 0.2) is 79.0 Å². The lowest BCUT2D eigenvalue weighted by Crippen LogP contribution is -2.39. The third-order valence-corrected chi connectivity index (χ3v) is 5.13. The molecular weight excluding hydrogens is 362 g/mol. The van der Waals surface area contributed by atoms with Gasteiger partial charge in [-0.2, -0.15) is 0 Å². The van der Waals surface area contributed by atoms with Crippen molar-refractivity contribution in [3.63, 3.8) is 0 Å². The molecule has 2 aromatic carbocycles. The SMILES string of the molecule is Cc1nc2ccccn2c1C(=O)NC[C@](C)(O)c1ccc(-c2ccccc2)cc1. The van der Waals surface area contributed by atoms with Gasteiger partial charge in [-0.1, -0.05) is 60.7 Å². The van der Waals surface area contributed by atoms with E-state index in [9.17, 15) is 9.90 Å².